The summed E-state index contributed by atoms with van der Waals surface area (Å²) in [5.41, 5.74) is 1.05. The first-order chi connectivity index (χ1) is 16.4. The van der Waals surface area contributed by atoms with Gasteiger partial charge in [0.25, 0.3) is 11.5 Å². The summed E-state index contributed by atoms with van der Waals surface area (Å²) in [5.74, 6) is 1.12. The van der Waals surface area contributed by atoms with E-state index in [0.717, 1.165) is 12.8 Å². The number of benzene rings is 2. The third kappa shape index (κ3) is 4.76. The molecule has 1 N–H and O–H groups in total. The molecular formula is C26H29N3O5. The van der Waals surface area contributed by atoms with Gasteiger partial charge in [-0.25, -0.2) is 0 Å². The Labute approximate surface area is 198 Å². The van der Waals surface area contributed by atoms with Crippen molar-refractivity contribution in [3.8, 4) is 11.5 Å². The molecule has 0 saturated carbocycles. The predicted octanol–water partition coefficient (Wildman–Crippen LogP) is 3.53. The number of hydrogen-bond acceptors (Lipinski definition) is 5. The Balaban J connectivity index is 1.61. The molecule has 0 unspecified atom stereocenters. The van der Waals surface area contributed by atoms with Crippen molar-refractivity contribution in [3.63, 3.8) is 0 Å². The number of carbonyl (C=O) groups is 2. The van der Waals surface area contributed by atoms with Gasteiger partial charge in [-0.3, -0.25) is 19.0 Å². The Morgan fingerprint density at radius 2 is 1.71 bits per heavy atom. The van der Waals surface area contributed by atoms with Crippen molar-refractivity contribution in [2.24, 2.45) is 5.92 Å². The minimum absolute atomic E-state index is 0.137. The quantitative estimate of drug-likeness (QED) is 0.604. The smallest absolute Gasteiger partial charge is 0.254 e. The van der Waals surface area contributed by atoms with Crippen molar-refractivity contribution in [2.45, 2.75) is 26.3 Å². The predicted molar refractivity (Wildman–Crippen MR) is 131 cm³/mol. The number of nitrogens with one attached hydrogen (secondary N) is 1. The van der Waals surface area contributed by atoms with Crippen LogP contribution in [0.25, 0.3) is 10.9 Å². The first kappa shape index (κ1) is 23.4. The molecule has 34 heavy (non-hydrogen) atoms. The lowest BCUT2D eigenvalue weighted by Gasteiger charge is -2.30. The lowest BCUT2D eigenvalue weighted by atomic mass is 9.98. The van der Waals surface area contributed by atoms with Crippen molar-refractivity contribution in [1.29, 1.82) is 0 Å². The summed E-state index contributed by atoms with van der Waals surface area (Å²) in [4.78, 5) is 40.9. The number of ether oxygens (including phenoxy) is 2. The molecule has 4 rings (SSSR count). The van der Waals surface area contributed by atoms with Gasteiger partial charge < -0.3 is 19.7 Å². The van der Waals surface area contributed by atoms with Crippen LogP contribution in [0.1, 0.15) is 30.1 Å². The topological polar surface area (TPSA) is 89.9 Å². The van der Waals surface area contributed by atoms with Crippen LogP contribution in [0.15, 0.2) is 53.3 Å². The van der Waals surface area contributed by atoms with Crippen molar-refractivity contribution in [3.05, 3.63) is 64.4 Å². The molecule has 8 nitrogen and oxygen atoms in total. The minimum atomic E-state index is -0.394. The Bertz CT molecular complexity index is 1280. The third-order valence-corrected chi connectivity index (χ3v) is 6.29. The zero-order valence-electron chi connectivity index (χ0n) is 19.7. The van der Waals surface area contributed by atoms with E-state index in [-0.39, 0.29) is 18.4 Å². The van der Waals surface area contributed by atoms with E-state index in [2.05, 4.69) is 12.2 Å². The van der Waals surface area contributed by atoms with Gasteiger partial charge in [0.2, 0.25) is 5.91 Å². The van der Waals surface area contributed by atoms with Crippen LogP contribution in [0.5, 0.6) is 11.5 Å². The number of hydrogen-bond donors (Lipinski definition) is 1. The fourth-order valence-corrected chi connectivity index (χ4v) is 4.31. The molecular weight excluding hydrogens is 434 g/mol. The highest BCUT2D eigenvalue weighted by Gasteiger charge is 2.24. The zero-order chi connectivity index (χ0) is 24.2. The van der Waals surface area contributed by atoms with Crippen LogP contribution in [0, 0.1) is 5.92 Å². The van der Waals surface area contributed by atoms with Crippen molar-refractivity contribution < 1.29 is 19.1 Å². The average Bonchev–Trinajstić information content (AvgIpc) is 2.85. The maximum absolute atomic E-state index is 13.2. The van der Waals surface area contributed by atoms with E-state index >= 15 is 0 Å². The molecule has 1 aliphatic heterocycles. The van der Waals surface area contributed by atoms with Crippen molar-refractivity contribution in [2.75, 3.05) is 32.6 Å². The lowest BCUT2D eigenvalue weighted by Crippen LogP contribution is -2.39. The summed E-state index contributed by atoms with van der Waals surface area (Å²) < 4.78 is 11.9. The molecule has 0 spiro atoms. The Hall–Kier alpha value is -3.81. The van der Waals surface area contributed by atoms with E-state index in [9.17, 15) is 14.4 Å². The van der Waals surface area contributed by atoms with Gasteiger partial charge in [0, 0.05) is 36.3 Å². The molecule has 178 valence electrons. The van der Waals surface area contributed by atoms with Crippen LogP contribution in [0.2, 0.25) is 0 Å². The summed E-state index contributed by atoms with van der Waals surface area (Å²) in [6, 6.07) is 13.6. The Morgan fingerprint density at radius 1 is 1.00 bits per heavy atom. The van der Waals surface area contributed by atoms with E-state index in [4.69, 9.17) is 9.47 Å². The van der Waals surface area contributed by atoms with Gasteiger partial charge in [0.1, 0.15) is 6.54 Å². The number of para-hydroxylation sites is 1. The summed E-state index contributed by atoms with van der Waals surface area (Å²) in [6.45, 7) is 3.37. The molecule has 0 atom stereocenters. The molecule has 8 heteroatoms. The van der Waals surface area contributed by atoms with Gasteiger partial charge in [0.05, 0.1) is 25.3 Å². The van der Waals surface area contributed by atoms with Crippen molar-refractivity contribution in [1.82, 2.24) is 9.47 Å². The molecule has 2 heterocycles. The standard InChI is InChI=1S/C26H29N3O5/c1-17-10-12-28(13-11-17)26(32)20-15-25(31)29(21-7-5-4-6-19(20)21)16-24(30)27-18-8-9-22(33-2)23(14-18)34-3/h4-9,14-15,17H,10-13,16H2,1-3H3,(H,27,30). The van der Waals surface area contributed by atoms with E-state index in [1.807, 2.05) is 17.0 Å². The Kier molecular flexibility index (Phi) is 6.86. The number of fused-ring (bicyclic) bond motifs is 1. The maximum Gasteiger partial charge on any atom is 0.254 e. The van der Waals surface area contributed by atoms with Crippen LogP contribution < -0.4 is 20.3 Å². The second kappa shape index (κ2) is 9.99. The molecule has 0 aliphatic carbocycles. The summed E-state index contributed by atoms with van der Waals surface area (Å²) in [6.07, 6.45) is 1.91. The van der Waals surface area contributed by atoms with E-state index in [1.54, 1.807) is 30.3 Å². The van der Waals surface area contributed by atoms with Crippen LogP contribution >= 0.6 is 0 Å². The summed E-state index contributed by atoms with van der Waals surface area (Å²) in [7, 11) is 3.05. The Morgan fingerprint density at radius 3 is 2.41 bits per heavy atom. The molecule has 0 radical (unpaired) electrons. The lowest BCUT2D eigenvalue weighted by molar-refractivity contribution is -0.116. The fraction of sp³-hybridized carbons (Fsp3) is 0.346. The molecule has 1 aliphatic rings. The second-order valence-electron chi connectivity index (χ2n) is 8.59. The minimum Gasteiger partial charge on any atom is -0.493 e. The third-order valence-electron chi connectivity index (χ3n) is 6.29. The van der Waals surface area contributed by atoms with E-state index in [1.165, 1.54) is 24.9 Å². The number of nitrogens with zero attached hydrogens (tertiary/aromatic N) is 2. The van der Waals surface area contributed by atoms with Gasteiger partial charge in [-0.05, 0) is 37.0 Å². The van der Waals surface area contributed by atoms with Gasteiger partial charge in [-0.2, -0.15) is 0 Å². The number of likely N-dealkylation sites (tertiary alicyclic amines) is 1. The number of piperidine rings is 1. The van der Waals surface area contributed by atoms with Gasteiger partial charge >= 0.3 is 0 Å². The molecule has 1 fully saturated rings. The summed E-state index contributed by atoms with van der Waals surface area (Å²) in [5, 5.41) is 3.45. The monoisotopic (exact) mass is 463 g/mol. The molecule has 2 amide bonds. The van der Waals surface area contributed by atoms with Crippen LogP contribution in [0.3, 0.4) is 0 Å². The highest BCUT2D eigenvalue weighted by molar-refractivity contribution is 6.06. The van der Waals surface area contributed by atoms with E-state index in [0.29, 0.717) is 52.7 Å². The largest absolute Gasteiger partial charge is 0.493 e. The number of methoxy groups -OCH3 is 2. The SMILES string of the molecule is COc1ccc(NC(=O)Cn2c(=O)cc(C(=O)N3CCC(C)CC3)c3ccccc32)cc1OC. The van der Waals surface area contributed by atoms with Crippen LogP contribution in [0.4, 0.5) is 5.69 Å². The van der Waals surface area contributed by atoms with Gasteiger partial charge in [-0.15, -0.1) is 0 Å². The number of carbonyl (C=O) groups excluding carboxylic acids is 2. The average molecular weight is 464 g/mol. The first-order valence-corrected chi connectivity index (χ1v) is 11.3. The van der Waals surface area contributed by atoms with Crippen LogP contribution in [-0.2, 0) is 11.3 Å². The summed E-state index contributed by atoms with van der Waals surface area (Å²) >= 11 is 0. The fourth-order valence-electron chi connectivity index (χ4n) is 4.31. The van der Waals surface area contributed by atoms with Gasteiger partial charge in [0.15, 0.2) is 11.5 Å². The number of pyridine rings is 1. The molecule has 1 aromatic heterocycles. The van der Waals surface area contributed by atoms with Crippen molar-refractivity contribution >= 4 is 28.4 Å². The zero-order valence-corrected chi connectivity index (χ0v) is 19.7. The number of anilines is 1. The molecule has 3 aromatic rings. The highest BCUT2D eigenvalue weighted by atomic mass is 16.5. The number of rotatable bonds is 6. The maximum atomic E-state index is 13.2. The van der Waals surface area contributed by atoms with Gasteiger partial charge in [-0.1, -0.05) is 25.1 Å². The first-order valence-electron chi connectivity index (χ1n) is 11.3. The number of amides is 2. The van der Waals surface area contributed by atoms with Crippen LogP contribution in [-0.4, -0.2) is 48.6 Å². The number of aromatic nitrogens is 1. The molecule has 2 aromatic carbocycles. The van der Waals surface area contributed by atoms with E-state index < -0.39 is 5.56 Å². The second-order valence-corrected chi connectivity index (χ2v) is 8.59. The molecule has 0 bridgehead atoms. The normalized spacial score (nSPS) is 14.1. The molecule has 1 saturated heterocycles. The highest BCUT2D eigenvalue weighted by Crippen LogP contribution is 2.30.